The normalized spacial score (nSPS) is 18.1. The number of nitrogens with zero attached hydrogens (tertiary/aromatic N) is 3. The van der Waals surface area contributed by atoms with Crippen molar-refractivity contribution >= 4 is 21.4 Å². The molecule has 1 aromatic carbocycles. The minimum Gasteiger partial charge on any atom is -0.376 e. The molecule has 0 unspecified atom stereocenters. The van der Waals surface area contributed by atoms with Crippen molar-refractivity contribution in [1.82, 2.24) is 4.31 Å². The van der Waals surface area contributed by atoms with E-state index in [1.165, 1.54) is 0 Å². The lowest BCUT2D eigenvalue weighted by atomic mass is 10.2. The van der Waals surface area contributed by atoms with Crippen LogP contribution >= 0.6 is 0 Å². The van der Waals surface area contributed by atoms with Crippen molar-refractivity contribution in [2.75, 3.05) is 56.3 Å². The van der Waals surface area contributed by atoms with Crippen molar-refractivity contribution in [1.29, 1.82) is 0 Å². The minimum absolute atomic E-state index is 0.297. The lowest BCUT2D eigenvalue weighted by Crippen LogP contribution is -2.34. The summed E-state index contributed by atoms with van der Waals surface area (Å²) in [5.41, 5.74) is 2.26. The molecule has 1 heterocycles. The van der Waals surface area contributed by atoms with E-state index in [2.05, 4.69) is 21.9 Å². The number of anilines is 2. The van der Waals surface area contributed by atoms with Crippen LogP contribution in [0.4, 0.5) is 11.4 Å². The van der Waals surface area contributed by atoms with Crippen LogP contribution in [0.2, 0.25) is 0 Å². The van der Waals surface area contributed by atoms with Gasteiger partial charge in [0.1, 0.15) is 0 Å². The molecule has 112 valence electrons. The van der Waals surface area contributed by atoms with Crippen LogP contribution in [0.5, 0.6) is 0 Å². The van der Waals surface area contributed by atoms with E-state index >= 15 is 0 Å². The van der Waals surface area contributed by atoms with Crippen molar-refractivity contribution in [3.63, 3.8) is 0 Å². The van der Waals surface area contributed by atoms with Gasteiger partial charge in [-0.25, -0.2) is 12.7 Å². The summed E-state index contributed by atoms with van der Waals surface area (Å²) in [5.74, 6) is 0.297. The fourth-order valence-electron chi connectivity index (χ4n) is 2.49. The molecule has 0 saturated carbocycles. The van der Waals surface area contributed by atoms with Gasteiger partial charge in [-0.2, -0.15) is 0 Å². The number of sulfonamides is 1. The first-order chi connectivity index (χ1) is 9.42. The fourth-order valence-corrected chi connectivity index (χ4v) is 4.01. The zero-order valence-corrected chi connectivity index (χ0v) is 13.2. The number of hydrogen-bond acceptors (Lipinski definition) is 4. The Morgan fingerprint density at radius 1 is 1.15 bits per heavy atom. The Kier molecular flexibility index (Phi) is 4.55. The zero-order chi connectivity index (χ0) is 14.8. The van der Waals surface area contributed by atoms with Crippen LogP contribution in [0.15, 0.2) is 24.3 Å². The second kappa shape index (κ2) is 6.01. The summed E-state index contributed by atoms with van der Waals surface area (Å²) in [6.07, 6.45) is 0.750. The van der Waals surface area contributed by atoms with Crippen LogP contribution < -0.4 is 9.80 Å². The van der Waals surface area contributed by atoms with E-state index in [0.717, 1.165) is 17.8 Å². The number of hydrogen-bond donors (Lipinski definition) is 0. The average molecular weight is 297 g/mol. The third-order valence-electron chi connectivity index (χ3n) is 3.66. The molecule has 20 heavy (non-hydrogen) atoms. The second-order valence-corrected chi connectivity index (χ2v) is 7.46. The first-order valence-corrected chi connectivity index (χ1v) is 8.48. The highest BCUT2D eigenvalue weighted by Crippen LogP contribution is 2.26. The molecule has 0 radical (unpaired) electrons. The Balaban J connectivity index is 2.04. The van der Waals surface area contributed by atoms with Gasteiger partial charge in [0, 0.05) is 40.8 Å². The van der Waals surface area contributed by atoms with Gasteiger partial charge in [0.15, 0.2) is 0 Å². The van der Waals surface area contributed by atoms with Gasteiger partial charge >= 0.3 is 0 Å². The second-order valence-electron chi connectivity index (χ2n) is 5.37. The van der Waals surface area contributed by atoms with Crippen molar-refractivity contribution in [3.05, 3.63) is 24.3 Å². The van der Waals surface area contributed by atoms with Crippen molar-refractivity contribution in [2.45, 2.75) is 6.42 Å². The summed E-state index contributed by atoms with van der Waals surface area (Å²) < 4.78 is 25.2. The summed E-state index contributed by atoms with van der Waals surface area (Å²) >= 11 is 0. The highest BCUT2D eigenvalue weighted by Gasteiger charge is 2.27. The van der Waals surface area contributed by atoms with E-state index in [4.69, 9.17) is 0 Å². The van der Waals surface area contributed by atoms with Gasteiger partial charge in [-0.3, -0.25) is 0 Å². The van der Waals surface area contributed by atoms with Crippen LogP contribution in [0, 0.1) is 0 Å². The zero-order valence-electron chi connectivity index (χ0n) is 12.4. The van der Waals surface area contributed by atoms with E-state index in [9.17, 15) is 8.42 Å². The maximum Gasteiger partial charge on any atom is 0.214 e. The van der Waals surface area contributed by atoms with E-state index in [0.29, 0.717) is 25.4 Å². The number of likely N-dealkylation sites (N-methyl/N-ethyl adjacent to an activating group) is 1. The first kappa shape index (κ1) is 15.1. The van der Waals surface area contributed by atoms with Crippen LogP contribution in [0.25, 0.3) is 0 Å². The Bertz CT molecular complexity index is 557. The highest BCUT2D eigenvalue weighted by molar-refractivity contribution is 7.89. The van der Waals surface area contributed by atoms with Crippen molar-refractivity contribution in [3.8, 4) is 0 Å². The van der Waals surface area contributed by atoms with Gasteiger partial charge in [-0.05, 0) is 18.6 Å². The van der Waals surface area contributed by atoms with Gasteiger partial charge in [-0.15, -0.1) is 0 Å². The molecule has 1 saturated heterocycles. The Hall–Kier alpha value is -1.27. The van der Waals surface area contributed by atoms with Crippen LogP contribution in [0.3, 0.4) is 0 Å². The SMILES string of the molecule is CN(C)c1ccccc1N(C)CCN1CCCS1(=O)=O. The van der Waals surface area contributed by atoms with Gasteiger partial charge in [0.05, 0.1) is 17.1 Å². The van der Waals surface area contributed by atoms with E-state index in [-0.39, 0.29) is 0 Å². The molecule has 0 aliphatic carbocycles. The van der Waals surface area contributed by atoms with Crippen LogP contribution in [0.1, 0.15) is 6.42 Å². The summed E-state index contributed by atoms with van der Waals surface area (Å²) in [6.45, 7) is 1.91. The van der Waals surface area contributed by atoms with Gasteiger partial charge in [-0.1, -0.05) is 12.1 Å². The monoisotopic (exact) mass is 297 g/mol. The maximum absolute atomic E-state index is 11.8. The summed E-state index contributed by atoms with van der Waals surface area (Å²) in [4.78, 5) is 4.18. The molecule has 5 nitrogen and oxygen atoms in total. The molecule has 1 aliphatic heterocycles. The van der Waals surface area contributed by atoms with Gasteiger partial charge < -0.3 is 9.80 Å². The van der Waals surface area contributed by atoms with Crippen LogP contribution in [-0.2, 0) is 10.0 Å². The highest BCUT2D eigenvalue weighted by atomic mass is 32.2. The van der Waals surface area contributed by atoms with Crippen molar-refractivity contribution < 1.29 is 8.42 Å². The van der Waals surface area contributed by atoms with Gasteiger partial charge in [0.2, 0.25) is 10.0 Å². The molecule has 6 heteroatoms. The number of para-hydroxylation sites is 2. The smallest absolute Gasteiger partial charge is 0.214 e. The predicted molar refractivity (Wildman–Crippen MR) is 84.0 cm³/mol. The van der Waals surface area contributed by atoms with E-state index in [1.807, 2.05) is 33.3 Å². The van der Waals surface area contributed by atoms with E-state index in [1.54, 1.807) is 4.31 Å². The summed E-state index contributed by atoms with van der Waals surface area (Å²) in [7, 11) is 3.03. The molecule has 1 aliphatic rings. The van der Waals surface area contributed by atoms with Gasteiger partial charge in [0.25, 0.3) is 0 Å². The largest absolute Gasteiger partial charge is 0.376 e. The molecule has 2 rings (SSSR count). The maximum atomic E-state index is 11.8. The molecule has 0 N–H and O–H groups in total. The molecule has 0 aromatic heterocycles. The molecular weight excluding hydrogens is 274 g/mol. The number of benzene rings is 1. The molecule has 0 atom stereocenters. The van der Waals surface area contributed by atoms with Crippen LogP contribution in [-0.4, -0.2) is 59.3 Å². The summed E-state index contributed by atoms with van der Waals surface area (Å²) in [6, 6.07) is 8.15. The predicted octanol–water partition coefficient (Wildman–Crippen LogP) is 1.22. The van der Waals surface area contributed by atoms with Crippen molar-refractivity contribution in [2.24, 2.45) is 0 Å². The van der Waals surface area contributed by atoms with E-state index < -0.39 is 10.0 Å². The third-order valence-corrected chi connectivity index (χ3v) is 5.62. The lowest BCUT2D eigenvalue weighted by Gasteiger charge is -2.27. The molecule has 0 spiro atoms. The molecule has 0 amide bonds. The first-order valence-electron chi connectivity index (χ1n) is 6.87. The molecule has 0 bridgehead atoms. The standard InChI is InChI=1S/C14H23N3O2S/c1-15(2)13-7-4-5-8-14(13)16(3)10-11-17-9-6-12-20(17,18)19/h4-5,7-8H,6,9-12H2,1-3H3. The lowest BCUT2D eigenvalue weighted by molar-refractivity contribution is 0.449. The molecule has 1 fully saturated rings. The Morgan fingerprint density at radius 2 is 1.80 bits per heavy atom. The quantitative estimate of drug-likeness (QED) is 0.820. The topological polar surface area (TPSA) is 43.9 Å². The third kappa shape index (κ3) is 3.24. The summed E-state index contributed by atoms with van der Waals surface area (Å²) in [5, 5.41) is 0. The molecule has 1 aromatic rings. The Morgan fingerprint density at radius 3 is 2.35 bits per heavy atom. The number of rotatable bonds is 5. The minimum atomic E-state index is -3.00. The Labute approximate surface area is 121 Å². The molecular formula is C14H23N3O2S. The fraction of sp³-hybridized carbons (Fsp3) is 0.571. The average Bonchev–Trinajstić information content (AvgIpc) is 2.75.